The van der Waals surface area contributed by atoms with Crippen molar-refractivity contribution in [2.75, 3.05) is 67.3 Å². The Morgan fingerprint density at radius 3 is 2.62 bits per heavy atom. The fourth-order valence-corrected chi connectivity index (χ4v) is 2.61. The van der Waals surface area contributed by atoms with Gasteiger partial charge in [0.1, 0.15) is 12.4 Å². The van der Waals surface area contributed by atoms with Gasteiger partial charge in [0.05, 0.1) is 13.2 Å². The molecule has 0 amide bonds. The van der Waals surface area contributed by atoms with Gasteiger partial charge in [-0.25, -0.2) is 0 Å². The fraction of sp³-hybridized carbons (Fsp3) is 0.667. The number of aryl methyl sites for hydroxylation is 1. The Morgan fingerprint density at radius 1 is 1.14 bits per heavy atom. The number of nitrogens with zero attached hydrogens (tertiary/aromatic N) is 2. The van der Waals surface area contributed by atoms with Crippen molar-refractivity contribution >= 4 is 29.9 Å². The molecular weight excluding hydrogens is 483 g/mol. The van der Waals surface area contributed by atoms with E-state index in [1.165, 1.54) is 5.56 Å². The zero-order valence-corrected chi connectivity index (χ0v) is 21.0. The third-order valence-corrected chi connectivity index (χ3v) is 4.27. The molecule has 2 N–H and O–H groups in total. The van der Waals surface area contributed by atoms with Gasteiger partial charge < -0.3 is 29.7 Å². The minimum Gasteiger partial charge on any atom is -0.491 e. The molecule has 8 heteroatoms. The molecule has 1 aromatic rings. The number of methoxy groups -OCH3 is 1. The average Bonchev–Trinajstić information content (AvgIpc) is 2.70. The molecule has 0 atom stereocenters. The minimum absolute atomic E-state index is 0. The first-order valence-corrected chi connectivity index (χ1v) is 10.0. The maximum Gasteiger partial charge on any atom is 0.191 e. The highest BCUT2D eigenvalue weighted by Gasteiger charge is 2.06. The van der Waals surface area contributed by atoms with Crippen molar-refractivity contribution in [1.29, 1.82) is 0 Å². The molecule has 1 rings (SSSR count). The number of rotatable bonds is 14. The van der Waals surface area contributed by atoms with Gasteiger partial charge in [0.25, 0.3) is 0 Å². The summed E-state index contributed by atoms with van der Waals surface area (Å²) in [5.41, 5.74) is 2.28. The maximum atomic E-state index is 5.90. The van der Waals surface area contributed by atoms with E-state index in [0.717, 1.165) is 49.9 Å². The molecule has 0 aliphatic rings. The van der Waals surface area contributed by atoms with Gasteiger partial charge in [-0.1, -0.05) is 12.1 Å². The number of benzene rings is 1. The Balaban J connectivity index is 0.00000784. The lowest BCUT2D eigenvalue weighted by Gasteiger charge is -2.17. The van der Waals surface area contributed by atoms with Gasteiger partial charge in [0, 0.05) is 46.0 Å². The molecule has 0 saturated carbocycles. The molecule has 0 aromatic heterocycles. The Bertz CT molecular complexity index is 573. The summed E-state index contributed by atoms with van der Waals surface area (Å²) in [7, 11) is 5.62. The molecule has 29 heavy (non-hydrogen) atoms. The molecular formula is C21H39IN4O3. The maximum absolute atomic E-state index is 5.90. The van der Waals surface area contributed by atoms with Gasteiger partial charge in [-0.2, -0.15) is 0 Å². The first-order chi connectivity index (χ1) is 13.6. The molecule has 0 fully saturated rings. The quantitative estimate of drug-likeness (QED) is 0.170. The monoisotopic (exact) mass is 522 g/mol. The molecule has 0 aliphatic heterocycles. The van der Waals surface area contributed by atoms with Gasteiger partial charge in [0.15, 0.2) is 5.96 Å². The van der Waals surface area contributed by atoms with E-state index in [0.29, 0.717) is 26.4 Å². The van der Waals surface area contributed by atoms with E-state index in [4.69, 9.17) is 14.2 Å². The Morgan fingerprint density at radius 2 is 1.93 bits per heavy atom. The van der Waals surface area contributed by atoms with E-state index in [-0.39, 0.29) is 24.0 Å². The molecule has 7 nitrogen and oxygen atoms in total. The summed E-state index contributed by atoms with van der Waals surface area (Å²) in [6, 6.07) is 6.25. The number of ether oxygens (including phenoxy) is 3. The van der Waals surface area contributed by atoms with E-state index in [1.54, 1.807) is 14.2 Å². The van der Waals surface area contributed by atoms with E-state index < -0.39 is 0 Å². The zero-order valence-electron chi connectivity index (χ0n) is 18.6. The van der Waals surface area contributed by atoms with Crippen molar-refractivity contribution in [2.24, 2.45) is 4.99 Å². The molecule has 0 unspecified atom stereocenters. The van der Waals surface area contributed by atoms with E-state index >= 15 is 0 Å². The molecule has 168 valence electrons. The summed E-state index contributed by atoms with van der Waals surface area (Å²) in [5, 5.41) is 6.73. The molecule has 0 spiro atoms. The lowest BCUT2D eigenvalue weighted by molar-refractivity contribution is 0.110. The molecule has 1 aromatic carbocycles. The van der Waals surface area contributed by atoms with Crippen LogP contribution in [-0.2, 0) is 16.0 Å². The molecule has 0 bridgehead atoms. The number of likely N-dealkylation sites (N-methyl/N-ethyl adjacent to an activating group) is 1. The van der Waals surface area contributed by atoms with Crippen molar-refractivity contribution in [3.63, 3.8) is 0 Å². The van der Waals surface area contributed by atoms with Crippen LogP contribution in [0.15, 0.2) is 23.2 Å². The van der Waals surface area contributed by atoms with E-state index in [2.05, 4.69) is 52.7 Å². The van der Waals surface area contributed by atoms with Gasteiger partial charge in [0.2, 0.25) is 0 Å². The number of hydrogen-bond donors (Lipinski definition) is 2. The summed E-state index contributed by atoms with van der Waals surface area (Å²) in [6.07, 6.45) is 1.04. The van der Waals surface area contributed by atoms with E-state index in [1.807, 2.05) is 6.92 Å². The highest BCUT2D eigenvalue weighted by Crippen LogP contribution is 2.20. The summed E-state index contributed by atoms with van der Waals surface area (Å²) in [5.74, 6) is 1.68. The van der Waals surface area contributed by atoms with Crippen LogP contribution in [0, 0.1) is 6.92 Å². The standard InChI is InChI=1S/C21H38N4O3.HI/c1-6-27-14-15-28-20-16-18(2)8-9-19(20)17-24-21(22-3)23-10-7-11-25(4)12-13-26-5;/h8-9,16H,6-7,10-15,17H2,1-5H3,(H2,22,23,24);1H. The van der Waals surface area contributed by atoms with Crippen LogP contribution < -0.4 is 15.4 Å². The number of guanidine groups is 1. The largest absolute Gasteiger partial charge is 0.491 e. The van der Waals surface area contributed by atoms with Crippen molar-refractivity contribution in [1.82, 2.24) is 15.5 Å². The molecule has 0 radical (unpaired) electrons. The predicted octanol–water partition coefficient (Wildman–Crippen LogP) is 2.66. The lowest BCUT2D eigenvalue weighted by atomic mass is 10.1. The van der Waals surface area contributed by atoms with Crippen LogP contribution in [0.3, 0.4) is 0 Å². The van der Waals surface area contributed by atoms with Crippen LogP contribution in [0.2, 0.25) is 0 Å². The minimum atomic E-state index is 0. The number of hydrogen-bond acceptors (Lipinski definition) is 5. The highest BCUT2D eigenvalue weighted by atomic mass is 127. The molecule has 0 aliphatic carbocycles. The van der Waals surface area contributed by atoms with Crippen molar-refractivity contribution in [3.8, 4) is 5.75 Å². The van der Waals surface area contributed by atoms with Crippen LogP contribution in [0.5, 0.6) is 5.75 Å². The van der Waals surface area contributed by atoms with Crippen LogP contribution in [-0.4, -0.2) is 78.1 Å². The SMILES string of the molecule is CCOCCOc1cc(C)ccc1CNC(=NC)NCCCN(C)CCOC.I. The zero-order chi connectivity index (χ0) is 20.6. The number of nitrogens with one attached hydrogen (secondary N) is 2. The van der Waals surface area contributed by atoms with Crippen LogP contribution in [0.25, 0.3) is 0 Å². The third kappa shape index (κ3) is 12.9. The second-order valence-electron chi connectivity index (χ2n) is 6.66. The second-order valence-corrected chi connectivity index (χ2v) is 6.66. The Labute approximate surface area is 193 Å². The summed E-state index contributed by atoms with van der Waals surface area (Å²) < 4.78 is 16.4. The first kappa shape index (κ1) is 27.9. The van der Waals surface area contributed by atoms with Crippen LogP contribution >= 0.6 is 24.0 Å². The normalized spacial score (nSPS) is 11.3. The first-order valence-electron chi connectivity index (χ1n) is 10.0. The molecule has 0 saturated heterocycles. The summed E-state index contributed by atoms with van der Waals surface area (Å²) >= 11 is 0. The van der Waals surface area contributed by atoms with Gasteiger partial charge in [-0.3, -0.25) is 4.99 Å². The van der Waals surface area contributed by atoms with Gasteiger partial charge >= 0.3 is 0 Å². The Hall–Kier alpha value is -1.10. The highest BCUT2D eigenvalue weighted by molar-refractivity contribution is 14.0. The second kappa shape index (κ2) is 17.7. The summed E-state index contributed by atoms with van der Waals surface area (Å²) in [4.78, 5) is 6.57. The average molecular weight is 522 g/mol. The van der Waals surface area contributed by atoms with Crippen molar-refractivity contribution in [3.05, 3.63) is 29.3 Å². The molecule has 0 heterocycles. The van der Waals surface area contributed by atoms with E-state index in [9.17, 15) is 0 Å². The van der Waals surface area contributed by atoms with Crippen LogP contribution in [0.1, 0.15) is 24.5 Å². The third-order valence-electron chi connectivity index (χ3n) is 4.27. The predicted molar refractivity (Wildman–Crippen MR) is 131 cm³/mol. The lowest BCUT2D eigenvalue weighted by Crippen LogP contribution is -2.38. The topological polar surface area (TPSA) is 67.4 Å². The van der Waals surface area contributed by atoms with Crippen molar-refractivity contribution in [2.45, 2.75) is 26.8 Å². The van der Waals surface area contributed by atoms with Gasteiger partial charge in [-0.15, -0.1) is 24.0 Å². The fourth-order valence-electron chi connectivity index (χ4n) is 2.61. The summed E-state index contributed by atoms with van der Waals surface area (Å²) in [6.45, 7) is 10.1. The smallest absolute Gasteiger partial charge is 0.191 e. The number of halogens is 1. The number of aliphatic imine (C=N–C) groups is 1. The van der Waals surface area contributed by atoms with Crippen LogP contribution in [0.4, 0.5) is 0 Å². The van der Waals surface area contributed by atoms with Gasteiger partial charge in [-0.05, 0) is 45.5 Å². The van der Waals surface area contributed by atoms with Crippen molar-refractivity contribution < 1.29 is 14.2 Å². The Kier molecular flexibility index (Phi) is 17.1.